The third-order valence-electron chi connectivity index (χ3n) is 16.0. The van der Waals surface area contributed by atoms with Gasteiger partial charge in [-0.1, -0.05) is 91.6 Å². The number of thioether (sulfide) groups is 1. The molecule has 2 unspecified atom stereocenters. The van der Waals surface area contributed by atoms with Gasteiger partial charge >= 0.3 is 5.97 Å². The van der Waals surface area contributed by atoms with Crippen LogP contribution in [0.25, 0.3) is 0 Å². The molecule has 416 valence electrons. The van der Waals surface area contributed by atoms with Crippen LogP contribution < -0.4 is 5.32 Å². The highest BCUT2D eigenvalue weighted by Gasteiger charge is 2.56. The Labute approximate surface area is 448 Å². The van der Waals surface area contributed by atoms with E-state index in [-0.39, 0.29) is 95.8 Å². The van der Waals surface area contributed by atoms with Gasteiger partial charge in [-0.3, -0.25) is 38.5 Å². The molecular weight excluding hydrogens is 982 g/mol. The van der Waals surface area contributed by atoms with E-state index in [0.29, 0.717) is 45.2 Å². The van der Waals surface area contributed by atoms with Crippen molar-refractivity contribution >= 4 is 67.5 Å². The number of hydrogen-bond donors (Lipinski definition) is 2. The lowest BCUT2D eigenvalue weighted by atomic mass is 9.83. The fraction of sp³-hybridized carbons (Fsp3) is 0.750. The van der Waals surface area contributed by atoms with E-state index in [9.17, 15) is 43.5 Å². The number of ketones is 1. The molecule has 1 saturated carbocycles. The van der Waals surface area contributed by atoms with E-state index >= 15 is 0 Å². The maximum Gasteiger partial charge on any atom is 0.326 e. The molecule has 6 amide bonds. The van der Waals surface area contributed by atoms with Gasteiger partial charge in [0.15, 0.2) is 5.78 Å². The van der Waals surface area contributed by atoms with Crippen LogP contribution in [0.1, 0.15) is 131 Å². The number of nitrogens with one attached hydrogen (secondary N) is 1. The first kappa shape index (κ1) is 62.6. The number of unbranched alkanes of at least 4 members (excludes halogenated alkanes) is 2. The SMILES string of the molecule is CC[C@H](C)[C@@H]([C@@H](CC(=O)N1CC2(CC2)C[C@H]1[C@H](OC)[C@@H](C)C(=O)N[C@@H](Cc1ccccc1)C(=O)O)OC)N(C)C(=O)[C@@H](CC(=O)[C@H](C(C)C)N(C)C(=O)CCCCCN1C(=O)CC(SCCCPC)C1=O)C(C)C. The molecule has 2 saturated heterocycles. The van der Waals surface area contributed by atoms with Gasteiger partial charge in [0, 0.05) is 73.0 Å². The van der Waals surface area contributed by atoms with Gasteiger partial charge in [-0.25, -0.2) is 4.79 Å². The third-order valence-corrected chi connectivity index (χ3v) is 18.2. The van der Waals surface area contributed by atoms with Gasteiger partial charge in [-0.05, 0) is 85.8 Å². The van der Waals surface area contributed by atoms with Gasteiger partial charge in [0.1, 0.15) is 6.04 Å². The number of imide groups is 1. The quantitative estimate of drug-likeness (QED) is 0.0418. The normalized spacial score (nSPS) is 20.7. The maximum absolute atomic E-state index is 14.8. The number of methoxy groups -OCH3 is 2. The summed E-state index contributed by atoms with van der Waals surface area (Å²) in [7, 11) is 7.29. The van der Waals surface area contributed by atoms with E-state index in [2.05, 4.69) is 12.0 Å². The van der Waals surface area contributed by atoms with Gasteiger partial charge in [0.2, 0.25) is 35.4 Å². The molecule has 0 bridgehead atoms. The molecule has 74 heavy (non-hydrogen) atoms. The van der Waals surface area contributed by atoms with Crippen molar-refractivity contribution in [3.8, 4) is 0 Å². The number of likely N-dealkylation sites (N-methyl/N-ethyl adjacent to an activating group) is 2. The number of carbonyl (C=O) groups is 8. The fourth-order valence-electron chi connectivity index (χ4n) is 11.2. The molecule has 3 fully saturated rings. The summed E-state index contributed by atoms with van der Waals surface area (Å²) in [5.41, 5.74) is 0.684. The standard InChI is InChI=1S/C56H90N5O11PS/c1-13-37(6)50(44(71-10)31-47(64)61-34-56(24-25-56)33-42(61)51(72-11)38(7)52(66)57-41(55(69)70)29-39-21-16-14-17-22-39)59(9)53(67)40(35(2)3)30-43(62)49(36(4)5)58(8)46(63)23-18-15-19-26-60-48(65)32-45(54(60)68)74-28-20-27-73-12/h14,16-17,21-22,35-38,40-42,44-45,49-51,73H,13,15,18-20,23-34H2,1-12H3,(H,57,66)(H,69,70)/t37-,38+,40-,41-,42-,44+,45?,49-,50-,51+/m0/s1. The highest BCUT2D eigenvalue weighted by atomic mass is 32.2. The Hall–Kier alpha value is -3.92. The van der Waals surface area contributed by atoms with E-state index in [1.54, 1.807) is 37.7 Å². The number of Topliss-reactive ketones (excluding diaryl/α,β-unsaturated/α-hetero) is 1. The molecule has 1 aromatic rings. The fourth-order valence-corrected chi connectivity index (χ4v) is 13.1. The summed E-state index contributed by atoms with van der Waals surface area (Å²) in [4.78, 5) is 116. The molecule has 16 nitrogen and oxygen atoms in total. The number of ether oxygens (including phenoxy) is 2. The molecule has 3 aliphatic rings. The number of carboxylic acids is 1. The number of amides is 6. The van der Waals surface area contributed by atoms with Crippen LogP contribution in [-0.4, -0.2) is 174 Å². The Morgan fingerprint density at radius 1 is 0.905 bits per heavy atom. The summed E-state index contributed by atoms with van der Waals surface area (Å²) in [6, 6.07) is 6.18. The second kappa shape index (κ2) is 29.6. The van der Waals surface area contributed by atoms with Gasteiger partial charge < -0.3 is 34.6 Å². The van der Waals surface area contributed by atoms with E-state index in [4.69, 9.17) is 9.47 Å². The van der Waals surface area contributed by atoms with Crippen molar-refractivity contribution in [1.82, 2.24) is 24.9 Å². The van der Waals surface area contributed by atoms with Crippen LogP contribution in [0.2, 0.25) is 0 Å². The Morgan fingerprint density at radius 3 is 2.15 bits per heavy atom. The number of aliphatic carboxylic acids is 1. The molecule has 2 N–H and O–H groups in total. The number of carboxylic acid groups (broad SMARTS) is 1. The highest BCUT2D eigenvalue weighted by molar-refractivity contribution is 8.00. The van der Waals surface area contributed by atoms with Crippen molar-refractivity contribution < 1.29 is 52.9 Å². The van der Waals surface area contributed by atoms with Crippen molar-refractivity contribution in [2.24, 2.45) is 35.0 Å². The molecule has 4 rings (SSSR count). The van der Waals surface area contributed by atoms with Crippen LogP contribution in [0.3, 0.4) is 0 Å². The van der Waals surface area contributed by atoms with Crippen molar-refractivity contribution in [2.75, 3.05) is 60.0 Å². The first-order valence-corrected chi connectivity index (χ1v) is 29.9. The van der Waals surface area contributed by atoms with Gasteiger partial charge in [-0.15, -0.1) is 20.3 Å². The summed E-state index contributed by atoms with van der Waals surface area (Å²) < 4.78 is 12.2. The van der Waals surface area contributed by atoms with Gasteiger partial charge in [0.25, 0.3) is 0 Å². The molecule has 0 aromatic heterocycles. The smallest absolute Gasteiger partial charge is 0.326 e. The van der Waals surface area contributed by atoms with Gasteiger partial charge in [-0.2, -0.15) is 0 Å². The third kappa shape index (κ3) is 16.8. The number of likely N-dealkylation sites (tertiary alicyclic amines) is 2. The van der Waals surface area contributed by atoms with E-state index in [1.165, 1.54) is 24.0 Å². The average Bonchev–Trinajstić information content (AvgIpc) is 3.94. The van der Waals surface area contributed by atoms with Crippen LogP contribution in [0.5, 0.6) is 0 Å². The van der Waals surface area contributed by atoms with Crippen LogP contribution >= 0.6 is 20.3 Å². The Bertz CT molecular complexity index is 2060. The summed E-state index contributed by atoms with van der Waals surface area (Å²) in [6.07, 6.45) is 6.12. The molecule has 18 heteroatoms. The van der Waals surface area contributed by atoms with Crippen LogP contribution in [-0.2, 0) is 54.3 Å². The molecule has 0 radical (unpaired) electrons. The van der Waals surface area contributed by atoms with Crippen molar-refractivity contribution in [2.45, 2.75) is 174 Å². The Kier molecular flexibility index (Phi) is 25.0. The summed E-state index contributed by atoms with van der Waals surface area (Å²) >= 11 is 1.57. The summed E-state index contributed by atoms with van der Waals surface area (Å²) in [6.45, 7) is 16.3. The predicted octanol–water partition coefficient (Wildman–Crippen LogP) is 6.94. The zero-order chi connectivity index (χ0) is 55.0. The number of rotatable bonds is 33. The van der Waals surface area contributed by atoms with Crippen LogP contribution in [0, 0.1) is 35.0 Å². The zero-order valence-corrected chi connectivity index (χ0v) is 48.4. The summed E-state index contributed by atoms with van der Waals surface area (Å²) in [5.74, 6) is -3.90. The average molecular weight is 1070 g/mol. The van der Waals surface area contributed by atoms with E-state index in [0.717, 1.165) is 45.3 Å². The second-order valence-corrected chi connectivity index (χ2v) is 24.6. The molecule has 1 aliphatic carbocycles. The predicted molar refractivity (Wildman–Crippen MR) is 292 cm³/mol. The zero-order valence-electron chi connectivity index (χ0n) is 46.6. The monoisotopic (exact) mass is 1070 g/mol. The topological polar surface area (TPSA) is 200 Å². The lowest BCUT2D eigenvalue weighted by Gasteiger charge is -2.41. The molecule has 1 aromatic carbocycles. The number of hydrogen-bond acceptors (Lipinski definition) is 11. The number of nitrogens with zero attached hydrogens (tertiary/aromatic N) is 4. The van der Waals surface area contributed by atoms with E-state index < -0.39 is 60.1 Å². The van der Waals surface area contributed by atoms with Crippen molar-refractivity contribution in [3.63, 3.8) is 0 Å². The minimum absolute atomic E-state index is 0.0496. The largest absolute Gasteiger partial charge is 0.480 e. The minimum atomic E-state index is -1.16. The Balaban J connectivity index is 1.40. The Morgan fingerprint density at radius 2 is 1.58 bits per heavy atom. The van der Waals surface area contributed by atoms with Crippen LogP contribution in [0.15, 0.2) is 30.3 Å². The molecule has 2 heterocycles. The van der Waals surface area contributed by atoms with E-state index in [1.807, 2.05) is 76.8 Å². The molecule has 11 atom stereocenters. The first-order valence-electron chi connectivity index (χ1n) is 27.1. The minimum Gasteiger partial charge on any atom is -0.480 e. The van der Waals surface area contributed by atoms with Crippen molar-refractivity contribution in [3.05, 3.63) is 35.9 Å². The molecule has 1 spiro atoms. The highest BCUT2D eigenvalue weighted by Crippen LogP contribution is 2.56. The molecule has 2 aliphatic heterocycles. The number of carbonyl (C=O) groups excluding carboxylic acids is 7. The first-order chi connectivity index (χ1) is 35.1. The molecular formula is C56H90N5O11PS. The maximum atomic E-state index is 14.8. The summed E-state index contributed by atoms with van der Waals surface area (Å²) in [5, 5.41) is 12.5. The van der Waals surface area contributed by atoms with Gasteiger partial charge in [0.05, 0.1) is 47.9 Å². The van der Waals surface area contributed by atoms with Crippen molar-refractivity contribution in [1.29, 1.82) is 0 Å². The lowest BCUT2D eigenvalue weighted by Crippen LogP contribution is -2.55. The van der Waals surface area contributed by atoms with Crippen LogP contribution in [0.4, 0.5) is 0 Å². The second-order valence-electron chi connectivity index (χ2n) is 22.1. The lowest BCUT2D eigenvalue weighted by molar-refractivity contribution is -0.150. The number of benzene rings is 1.